The van der Waals surface area contributed by atoms with E-state index in [9.17, 15) is 4.79 Å². The van der Waals surface area contributed by atoms with Crippen LogP contribution < -0.4 is 14.8 Å². The normalized spacial score (nSPS) is 10.6. The number of amides is 1. The van der Waals surface area contributed by atoms with E-state index in [1.807, 2.05) is 72.8 Å². The zero-order valence-electron chi connectivity index (χ0n) is 15.4. The second kappa shape index (κ2) is 9.76. The number of methoxy groups -OCH3 is 1. The van der Waals surface area contributed by atoms with Crippen LogP contribution in [-0.4, -0.2) is 13.0 Å². The predicted molar refractivity (Wildman–Crippen MR) is 116 cm³/mol. The van der Waals surface area contributed by atoms with Gasteiger partial charge in [0.05, 0.1) is 7.11 Å². The number of rotatable bonds is 7. The summed E-state index contributed by atoms with van der Waals surface area (Å²) in [7, 11) is 1.60. The summed E-state index contributed by atoms with van der Waals surface area (Å²) in [4.78, 5) is 12.1. The van der Waals surface area contributed by atoms with Gasteiger partial charge in [-0.1, -0.05) is 58.4 Å². The van der Waals surface area contributed by atoms with Gasteiger partial charge in [0.15, 0.2) is 11.5 Å². The fourth-order valence-electron chi connectivity index (χ4n) is 2.56. The first kappa shape index (κ1) is 19.7. The molecule has 4 nitrogen and oxygen atoms in total. The van der Waals surface area contributed by atoms with E-state index in [0.29, 0.717) is 18.1 Å². The summed E-state index contributed by atoms with van der Waals surface area (Å²) in [5.74, 6) is 1.06. The Morgan fingerprint density at radius 3 is 2.57 bits per heavy atom. The standard InChI is InChI=1S/C23H20BrNO3/c1-27-22-14-17(10-12-21(22)28-16-18-6-3-2-4-7-18)11-13-23(26)25-20-9-5-8-19(24)15-20/h2-15H,16H2,1H3,(H,25,26)/b13-11+. The molecule has 3 aromatic carbocycles. The van der Waals surface area contributed by atoms with Gasteiger partial charge in [0.2, 0.25) is 5.91 Å². The van der Waals surface area contributed by atoms with Crippen molar-refractivity contribution in [3.8, 4) is 11.5 Å². The van der Waals surface area contributed by atoms with Crippen molar-refractivity contribution in [3.63, 3.8) is 0 Å². The first-order valence-corrected chi connectivity index (χ1v) is 9.53. The summed E-state index contributed by atoms with van der Waals surface area (Å²) in [6, 6.07) is 22.9. The van der Waals surface area contributed by atoms with E-state index in [4.69, 9.17) is 9.47 Å². The van der Waals surface area contributed by atoms with E-state index in [1.165, 1.54) is 6.08 Å². The largest absolute Gasteiger partial charge is 0.493 e. The lowest BCUT2D eigenvalue weighted by molar-refractivity contribution is -0.111. The molecule has 0 saturated heterocycles. The van der Waals surface area contributed by atoms with E-state index in [-0.39, 0.29) is 5.91 Å². The maximum Gasteiger partial charge on any atom is 0.248 e. The summed E-state index contributed by atoms with van der Waals surface area (Å²) < 4.78 is 12.2. The van der Waals surface area contributed by atoms with Crippen LogP contribution in [0.1, 0.15) is 11.1 Å². The van der Waals surface area contributed by atoms with Gasteiger partial charge >= 0.3 is 0 Å². The Kier molecular flexibility index (Phi) is 6.87. The molecule has 0 aliphatic rings. The highest BCUT2D eigenvalue weighted by Crippen LogP contribution is 2.29. The fourth-order valence-corrected chi connectivity index (χ4v) is 2.96. The molecule has 0 bridgehead atoms. The van der Waals surface area contributed by atoms with Crippen LogP contribution >= 0.6 is 15.9 Å². The molecule has 0 saturated carbocycles. The Hall–Kier alpha value is -3.05. The number of nitrogens with one attached hydrogen (secondary N) is 1. The third kappa shape index (κ3) is 5.72. The molecule has 5 heteroatoms. The topological polar surface area (TPSA) is 47.6 Å². The maximum atomic E-state index is 12.1. The lowest BCUT2D eigenvalue weighted by atomic mass is 10.2. The van der Waals surface area contributed by atoms with Crippen molar-refractivity contribution in [2.75, 3.05) is 12.4 Å². The van der Waals surface area contributed by atoms with Crippen LogP contribution in [0.2, 0.25) is 0 Å². The van der Waals surface area contributed by atoms with Crippen molar-refractivity contribution < 1.29 is 14.3 Å². The number of hydrogen-bond acceptors (Lipinski definition) is 3. The minimum absolute atomic E-state index is 0.207. The monoisotopic (exact) mass is 437 g/mol. The molecular formula is C23H20BrNO3. The molecule has 0 aliphatic heterocycles. The first-order valence-electron chi connectivity index (χ1n) is 8.73. The average Bonchev–Trinajstić information content (AvgIpc) is 2.71. The van der Waals surface area contributed by atoms with E-state index in [2.05, 4.69) is 21.2 Å². The molecular weight excluding hydrogens is 418 g/mol. The summed E-state index contributed by atoms with van der Waals surface area (Å²) in [6.07, 6.45) is 3.22. The van der Waals surface area contributed by atoms with Gasteiger partial charge in [-0.15, -0.1) is 0 Å². The highest BCUT2D eigenvalue weighted by molar-refractivity contribution is 9.10. The molecule has 142 valence electrons. The van der Waals surface area contributed by atoms with E-state index in [0.717, 1.165) is 21.3 Å². The lowest BCUT2D eigenvalue weighted by Crippen LogP contribution is -2.07. The summed E-state index contributed by atoms with van der Waals surface area (Å²) in [5.41, 5.74) is 2.65. The van der Waals surface area contributed by atoms with Gasteiger partial charge in [-0.25, -0.2) is 0 Å². The van der Waals surface area contributed by atoms with Crippen molar-refractivity contribution in [2.24, 2.45) is 0 Å². The Morgan fingerprint density at radius 2 is 1.82 bits per heavy atom. The minimum atomic E-state index is -0.207. The average molecular weight is 438 g/mol. The number of carbonyl (C=O) groups excluding carboxylic acids is 1. The smallest absolute Gasteiger partial charge is 0.248 e. The quantitative estimate of drug-likeness (QED) is 0.483. The van der Waals surface area contributed by atoms with Gasteiger partial charge in [-0.3, -0.25) is 4.79 Å². The number of carbonyl (C=O) groups is 1. The molecule has 0 unspecified atom stereocenters. The third-order valence-electron chi connectivity index (χ3n) is 3.94. The lowest BCUT2D eigenvalue weighted by Gasteiger charge is -2.11. The van der Waals surface area contributed by atoms with Gasteiger partial charge in [0, 0.05) is 16.2 Å². The molecule has 0 radical (unpaired) electrons. The zero-order chi connectivity index (χ0) is 19.8. The van der Waals surface area contributed by atoms with Gasteiger partial charge in [0.1, 0.15) is 6.61 Å². The SMILES string of the molecule is COc1cc(/C=C/C(=O)Nc2cccc(Br)c2)ccc1OCc1ccccc1. The summed E-state index contributed by atoms with van der Waals surface area (Å²) in [6.45, 7) is 0.460. The maximum absolute atomic E-state index is 12.1. The third-order valence-corrected chi connectivity index (χ3v) is 4.44. The van der Waals surface area contributed by atoms with Crippen LogP contribution in [0.5, 0.6) is 11.5 Å². The molecule has 0 aromatic heterocycles. The van der Waals surface area contributed by atoms with Crippen LogP contribution in [0, 0.1) is 0 Å². The zero-order valence-corrected chi connectivity index (χ0v) is 17.0. The van der Waals surface area contributed by atoms with Crippen LogP contribution in [0.25, 0.3) is 6.08 Å². The molecule has 1 amide bonds. The molecule has 3 rings (SSSR count). The molecule has 28 heavy (non-hydrogen) atoms. The van der Waals surface area contributed by atoms with Gasteiger partial charge in [-0.05, 0) is 47.5 Å². The van der Waals surface area contributed by atoms with Gasteiger partial charge in [0.25, 0.3) is 0 Å². The Bertz CT molecular complexity index is 971. The second-order valence-electron chi connectivity index (χ2n) is 6.02. The molecule has 0 heterocycles. The predicted octanol–water partition coefficient (Wildman–Crippen LogP) is 5.69. The van der Waals surface area contributed by atoms with E-state index in [1.54, 1.807) is 13.2 Å². The number of anilines is 1. The van der Waals surface area contributed by atoms with Crippen LogP contribution in [-0.2, 0) is 11.4 Å². The number of benzene rings is 3. The fraction of sp³-hybridized carbons (Fsp3) is 0.0870. The molecule has 3 aromatic rings. The minimum Gasteiger partial charge on any atom is -0.493 e. The Labute approximate surface area is 172 Å². The van der Waals surface area contributed by atoms with Crippen molar-refractivity contribution in [1.29, 1.82) is 0 Å². The van der Waals surface area contributed by atoms with Crippen molar-refractivity contribution in [3.05, 3.63) is 94.5 Å². The Balaban J connectivity index is 1.64. The van der Waals surface area contributed by atoms with Crippen molar-refractivity contribution in [2.45, 2.75) is 6.61 Å². The van der Waals surface area contributed by atoms with Crippen molar-refractivity contribution in [1.82, 2.24) is 0 Å². The summed E-state index contributed by atoms with van der Waals surface area (Å²) in [5, 5.41) is 2.82. The molecule has 1 N–H and O–H groups in total. The number of halogens is 1. The molecule has 0 spiro atoms. The summed E-state index contributed by atoms with van der Waals surface area (Å²) >= 11 is 3.38. The van der Waals surface area contributed by atoms with Gasteiger partial charge in [-0.2, -0.15) is 0 Å². The highest BCUT2D eigenvalue weighted by Gasteiger charge is 2.06. The number of hydrogen-bond donors (Lipinski definition) is 1. The highest BCUT2D eigenvalue weighted by atomic mass is 79.9. The molecule has 0 fully saturated rings. The van der Waals surface area contributed by atoms with E-state index < -0.39 is 0 Å². The second-order valence-corrected chi connectivity index (χ2v) is 6.93. The van der Waals surface area contributed by atoms with Gasteiger partial charge < -0.3 is 14.8 Å². The van der Waals surface area contributed by atoms with Crippen molar-refractivity contribution >= 4 is 33.6 Å². The molecule has 0 atom stereocenters. The number of ether oxygens (including phenoxy) is 2. The van der Waals surface area contributed by atoms with E-state index >= 15 is 0 Å². The van der Waals surface area contributed by atoms with Crippen LogP contribution in [0.15, 0.2) is 83.3 Å². The van der Waals surface area contributed by atoms with Crippen LogP contribution in [0.3, 0.4) is 0 Å². The first-order chi connectivity index (χ1) is 13.6. The van der Waals surface area contributed by atoms with Crippen LogP contribution in [0.4, 0.5) is 5.69 Å². The Morgan fingerprint density at radius 1 is 1.00 bits per heavy atom. The molecule has 0 aliphatic carbocycles.